The fourth-order valence-corrected chi connectivity index (χ4v) is 2.33. The molecule has 1 aliphatic rings. The first kappa shape index (κ1) is 13.6. The highest BCUT2D eigenvalue weighted by Gasteiger charge is 2.34. The minimum absolute atomic E-state index is 0.0131. The van der Waals surface area contributed by atoms with Gasteiger partial charge in [-0.05, 0) is 24.1 Å². The standard InChI is InChI=1S/C13H10F4N4/c14-8-2-1-7-3-4-21(9(7)5-8)11-6-10(13(15,16)17)19-12(18)20-11/h1-2,5-6H,3-4H2,(H2,18,19,20). The van der Waals surface area contributed by atoms with Gasteiger partial charge in [-0.15, -0.1) is 0 Å². The molecule has 0 saturated carbocycles. The summed E-state index contributed by atoms with van der Waals surface area (Å²) in [6.07, 6.45) is -4.02. The Morgan fingerprint density at radius 1 is 1.14 bits per heavy atom. The Morgan fingerprint density at radius 2 is 1.90 bits per heavy atom. The van der Waals surface area contributed by atoms with Crippen molar-refractivity contribution in [3.05, 3.63) is 41.3 Å². The fraction of sp³-hybridized carbons (Fsp3) is 0.231. The predicted molar refractivity (Wildman–Crippen MR) is 68.6 cm³/mol. The lowest BCUT2D eigenvalue weighted by molar-refractivity contribution is -0.141. The number of rotatable bonds is 1. The van der Waals surface area contributed by atoms with Crippen LogP contribution in [0.4, 0.5) is 35.0 Å². The van der Waals surface area contributed by atoms with Gasteiger partial charge in [-0.25, -0.2) is 9.37 Å². The van der Waals surface area contributed by atoms with E-state index in [1.807, 2.05) is 0 Å². The van der Waals surface area contributed by atoms with Crippen molar-refractivity contribution >= 4 is 17.5 Å². The Bertz CT molecular complexity index is 699. The lowest BCUT2D eigenvalue weighted by Gasteiger charge is -2.19. The third-order valence-electron chi connectivity index (χ3n) is 3.24. The summed E-state index contributed by atoms with van der Waals surface area (Å²) >= 11 is 0. The van der Waals surface area contributed by atoms with Crippen LogP contribution in [0.1, 0.15) is 11.3 Å². The summed E-state index contributed by atoms with van der Waals surface area (Å²) in [7, 11) is 0. The smallest absolute Gasteiger partial charge is 0.368 e. The highest BCUT2D eigenvalue weighted by molar-refractivity contribution is 5.68. The number of alkyl halides is 3. The van der Waals surface area contributed by atoms with E-state index in [4.69, 9.17) is 5.73 Å². The Morgan fingerprint density at radius 3 is 2.62 bits per heavy atom. The molecule has 0 aliphatic carbocycles. The molecular formula is C13H10F4N4. The summed E-state index contributed by atoms with van der Waals surface area (Å²) in [5, 5.41) is 0. The van der Waals surface area contributed by atoms with Crippen LogP contribution in [0.2, 0.25) is 0 Å². The van der Waals surface area contributed by atoms with Crippen LogP contribution in [-0.2, 0) is 12.6 Å². The average molecular weight is 298 g/mol. The van der Waals surface area contributed by atoms with E-state index in [-0.39, 0.29) is 5.82 Å². The molecule has 0 atom stereocenters. The lowest BCUT2D eigenvalue weighted by Crippen LogP contribution is -2.19. The largest absolute Gasteiger partial charge is 0.433 e. The third-order valence-corrected chi connectivity index (χ3v) is 3.24. The average Bonchev–Trinajstić information content (AvgIpc) is 2.79. The summed E-state index contributed by atoms with van der Waals surface area (Å²) in [4.78, 5) is 8.52. The first-order chi connectivity index (χ1) is 9.84. The fourth-order valence-electron chi connectivity index (χ4n) is 2.33. The first-order valence-corrected chi connectivity index (χ1v) is 6.12. The molecule has 4 nitrogen and oxygen atoms in total. The molecule has 0 spiro atoms. The highest BCUT2D eigenvalue weighted by atomic mass is 19.4. The molecule has 0 unspecified atom stereocenters. The number of halogens is 4. The molecule has 1 aliphatic heterocycles. The first-order valence-electron chi connectivity index (χ1n) is 6.12. The molecule has 0 bridgehead atoms. The normalized spacial score (nSPS) is 14.4. The SMILES string of the molecule is Nc1nc(N2CCc3ccc(F)cc32)cc(C(F)(F)F)n1. The summed E-state index contributed by atoms with van der Waals surface area (Å²) in [6, 6.07) is 5.02. The van der Waals surface area contributed by atoms with E-state index in [9.17, 15) is 17.6 Å². The van der Waals surface area contributed by atoms with Crippen LogP contribution in [0.3, 0.4) is 0 Å². The maximum Gasteiger partial charge on any atom is 0.433 e. The number of nitrogen functional groups attached to an aromatic ring is 1. The van der Waals surface area contributed by atoms with Gasteiger partial charge in [0.2, 0.25) is 5.95 Å². The number of benzene rings is 1. The van der Waals surface area contributed by atoms with Crippen LogP contribution in [-0.4, -0.2) is 16.5 Å². The number of hydrogen-bond donors (Lipinski definition) is 1. The number of anilines is 3. The molecule has 0 saturated heterocycles. The van der Waals surface area contributed by atoms with Gasteiger partial charge in [0.05, 0.1) is 0 Å². The Hall–Kier alpha value is -2.38. The van der Waals surface area contributed by atoms with E-state index in [2.05, 4.69) is 9.97 Å². The lowest BCUT2D eigenvalue weighted by atomic mass is 10.2. The molecule has 21 heavy (non-hydrogen) atoms. The van der Waals surface area contributed by atoms with E-state index in [0.717, 1.165) is 11.6 Å². The van der Waals surface area contributed by atoms with E-state index < -0.39 is 23.6 Å². The van der Waals surface area contributed by atoms with E-state index >= 15 is 0 Å². The number of aromatic nitrogens is 2. The summed E-state index contributed by atoms with van der Waals surface area (Å²) in [5.74, 6) is -0.914. The van der Waals surface area contributed by atoms with Crippen LogP contribution >= 0.6 is 0 Å². The zero-order valence-corrected chi connectivity index (χ0v) is 10.7. The van der Waals surface area contributed by atoms with E-state index in [1.165, 1.54) is 17.0 Å². The van der Waals surface area contributed by atoms with Crippen LogP contribution in [0, 0.1) is 5.82 Å². The second kappa shape index (κ2) is 4.57. The van der Waals surface area contributed by atoms with Gasteiger partial charge in [0.25, 0.3) is 0 Å². The molecule has 3 rings (SSSR count). The van der Waals surface area contributed by atoms with Gasteiger partial charge < -0.3 is 10.6 Å². The summed E-state index contributed by atoms with van der Waals surface area (Å²) < 4.78 is 51.6. The zero-order chi connectivity index (χ0) is 15.2. The highest BCUT2D eigenvalue weighted by Crippen LogP contribution is 2.36. The maximum atomic E-state index is 13.3. The maximum absolute atomic E-state index is 13.3. The van der Waals surface area contributed by atoms with Crippen molar-refractivity contribution in [1.29, 1.82) is 0 Å². The minimum Gasteiger partial charge on any atom is -0.368 e. The molecule has 2 heterocycles. The molecule has 0 fully saturated rings. The predicted octanol–water partition coefficient (Wildman–Crippen LogP) is 2.91. The number of fused-ring (bicyclic) bond motifs is 1. The van der Waals surface area contributed by atoms with Gasteiger partial charge in [-0.2, -0.15) is 18.2 Å². The Balaban J connectivity index is 2.07. The second-order valence-electron chi connectivity index (χ2n) is 4.64. The van der Waals surface area contributed by atoms with E-state index in [0.29, 0.717) is 18.7 Å². The Kier molecular flexibility index (Phi) is 2.96. The van der Waals surface area contributed by atoms with Gasteiger partial charge in [0.1, 0.15) is 11.6 Å². The van der Waals surface area contributed by atoms with Crippen LogP contribution in [0.5, 0.6) is 0 Å². The van der Waals surface area contributed by atoms with Gasteiger partial charge in [0.15, 0.2) is 5.69 Å². The molecule has 1 aromatic carbocycles. The molecule has 2 N–H and O–H groups in total. The Labute approximate surface area is 117 Å². The van der Waals surface area contributed by atoms with Crippen LogP contribution in [0.15, 0.2) is 24.3 Å². The van der Waals surface area contributed by atoms with Gasteiger partial charge in [0, 0.05) is 18.3 Å². The zero-order valence-electron chi connectivity index (χ0n) is 10.7. The molecule has 110 valence electrons. The van der Waals surface area contributed by atoms with Gasteiger partial charge >= 0.3 is 6.18 Å². The van der Waals surface area contributed by atoms with Crippen molar-refractivity contribution < 1.29 is 17.6 Å². The monoisotopic (exact) mass is 298 g/mol. The second-order valence-corrected chi connectivity index (χ2v) is 4.64. The number of nitrogens with two attached hydrogens (primary N) is 1. The van der Waals surface area contributed by atoms with Crippen LogP contribution in [0.25, 0.3) is 0 Å². The molecule has 0 radical (unpaired) electrons. The van der Waals surface area contributed by atoms with Crippen LogP contribution < -0.4 is 10.6 Å². The summed E-state index contributed by atoms with van der Waals surface area (Å²) in [6.45, 7) is 0.409. The van der Waals surface area contributed by atoms with Crippen molar-refractivity contribution in [2.45, 2.75) is 12.6 Å². The molecule has 1 aromatic heterocycles. The topological polar surface area (TPSA) is 55.0 Å². The van der Waals surface area contributed by atoms with Crippen molar-refractivity contribution in [2.24, 2.45) is 0 Å². The molecule has 0 amide bonds. The van der Waals surface area contributed by atoms with Crippen molar-refractivity contribution in [2.75, 3.05) is 17.2 Å². The summed E-state index contributed by atoms with van der Waals surface area (Å²) in [5.41, 5.74) is 5.59. The number of nitrogens with zero attached hydrogens (tertiary/aromatic N) is 3. The van der Waals surface area contributed by atoms with Gasteiger partial charge in [-0.3, -0.25) is 0 Å². The van der Waals surface area contributed by atoms with Crippen molar-refractivity contribution in [3.63, 3.8) is 0 Å². The minimum atomic E-state index is -4.61. The van der Waals surface area contributed by atoms with E-state index in [1.54, 1.807) is 6.07 Å². The number of hydrogen-bond acceptors (Lipinski definition) is 4. The third kappa shape index (κ3) is 2.48. The molecular weight excluding hydrogens is 288 g/mol. The van der Waals surface area contributed by atoms with Gasteiger partial charge in [-0.1, -0.05) is 6.07 Å². The van der Waals surface area contributed by atoms with Crippen molar-refractivity contribution in [1.82, 2.24) is 9.97 Å². The molecule has 8 heteroatoms. The quantitative estimate of drug-likeness (QED) is 0.822. The molecule has 2 aromatic rings. The van der Waals surface area contributed by atoms with Crippen molar-refractivity contribution in [3.8, 4) is 0 Å².